The second-order valence-corrected chi connectivity index (χ2v) is 5.18. The van der Waals surface area contributed by atoms with E-state index in [1.54, 1.807) is 7.05 Å². The maximum Gasteiger partial charge on any atom is 0.220 e. The normalized spacial score (nSPS) is 24.6. The lowest BCUT2D eigenvalue weighted by Gasteiger charge is -2.18. The molecule has 0 aromatic heterocycles. The van der Waals surface area contributed by atoms with Gasteiger partial charge in [-0.15, -0.1) is 0 Å². The first-order chi connectivity index (χ1) is 7.77. The molecule has 0 unspecified atom stereocenters. The molecule has 2 atom stereocenters. The maximum atomic E-state index is 11.4. The van der Waals surface area contributed by atoms with Crippen molar-refractivity contribution in [3.8, 4) is 0 Å². The molecule has 16 heavy (non-hydrogen) atoms. The van der Waals surface area contributed by atoms with Crippen LogP contribution in [0.1, 0.15) is 64.7 Å². The minimum atomic E-state index is 0.227. The van der Waals surface area contributed by atoms with Crippen molar-refractivity contribution in [1.29, 1.82) is 0 Å². The molecule has 94 valence electrons. The van der Waals surface area contributed by atoms with Crippen LogP contribution in [-0.2, 0) is 4.79 Å². The summed E-state index contributed by atoms with van der Waals surface area (Å²) in [6.45, 7) is 2.25. The summed E-state index contributed by atoms with van der Waals surface area (Å²) in [4.78, 5) is 11.4. The molecule has 0 aliphatic heterocycles. The Morgan fingerprint density at radius 1 is 1.19 bits per heavy atom. The Morgan fingerprint density at radius 2 is 1.94 bits per heavy atom. The van der Waals surface area contributed by atoms with Crippen molar-refractivity contribution in [3.05, 3.63) is 0 Å². The molecule has 1 saturated carbocycles. The van der Waals surface area contributed by atoms with Gasteiger partial charge in [0.25, 0.3) is 0 Å². The first kappa shape index (κ1) is 13.5. The Hall–Kier alpha value is -0.530. The first-order valence-corrected chi connectivity index (χ1v) is 6.98. The van der Waals surface area contributed by atoms with Crippen LogP contribution in [0.2, 0.25) is 0 Å². The second-order valence-electron chi connectivity index (χ2n) is 5.18. The van der Waals surface area contributed by atoms with Crippen molar-refractivity contribution in [3.63, 3.8) is 0 Å². The van der Waals surface area contributed by atoms with Crippen molar-refractivity contribution in [1.82, 2.24) is 5.32 Å². The molecule has 2 heteroatoms. The van der Waals surface area contributed by atoms with Gasteiger partial charge in [0, 0.05) is 13.5 Å². The van der Waals surface area contributed by atoms with Crippen molar-refractivity contribution >= 4 is 5.91 Å². The van der Waals surface area contributed by atoms with Crippen LogP contribution < -0.4 is 5.32 Å². The molecule has 1 amide bonds. The molecular formula is C14H27NO. The topological polar surface area (TPSA) is 29.1 Å². The Kier molecular flexibility index (Phi) is 6.51. The summed E-state index contributed by atoms with van der Waals surface area (Å²) >= 11 is 0. The quantitative estimate of drug-likeness (QED) is 0.660. The van der Waals surface area contributed by atoms with Crippen molar-refractivity contribution in [2.45, 2.75) is 64.7 Å². The number of rotatable bonds is 7. The molecule has 0 bridgehead atoms. The van der Waals surface area contributed by atoms with Gasteiger partial charge in [-0.2, -0.15) is 0 Å². The average molecular weight is 225 g/mol. The Bertz CT molecular complexity index is 203. The summed E-state index contributed by atoms with van der Waals surface area (Å²) < 4.78 is 0. The highest BCUT2D eigenvalue weighted by atomic mass is 16.1. The monoisotopic (exact) mass is 225 g/mol. The summed E-state index contributed by atoms with van der Waals surface area (Å²) in [6.07, 6.45) is 11.5. The van der Waals surface area contributed by atoms with Crippen LogP contribution in [0, 0.1) is 11.8 Å². The molecule has 1 aliphatic carbocycles. The lowest BCUT2D eigenvalue weighted by molar-refractivity contribution is -0.121. The summed E-state index contributed by atoms with van der Waals surface area (Å²) in [5, 5.41) is 2.75. The van der Waals surface area contributed by atoms with Gasteiger partial charge < -0.3 is 5.32 Å². The number of nitrogens with one attached hydrogen (secondary N) is 1. The molecule has 2 nitrogen and oxygen atoms in total. The molecule has 1 aliphatic rings. The van der Waals surface area contributed by atoms with Crippen molar-refractivity contribution in [2.24, 2.45) is 11.8 Å². The summed E-state index contributed by atoms with van der Waals surface area (Å²) in [6, 6.07) is 0. The van der Waals surface area contributed by atoms with E-state index in [4.69, 9.17) is 0 Å². The highest BCUT2D eigenvalue weighted by Gasteiger charge is 2.28. The average Bonchev–Trinajstić information content (AvgIpc) is 2.72. The molecule has 0 heterocycles. The van der Waals surface area contributed by atoms with Crippen LogP contribution in [0.25, 0.3) is 0 Å². The van der Waals surface area contributed by atoms with E-state index in [2.05, 4.69) is 12.2 Å². The zero-order chi connectivity index (χ0) is 11.8. The molecule has 0 spiro atoms. The third-order valence-electron chi connectivity index (χ3n) is 3.97. The summed E-state index contributed by atoms with van der Waals surface area (Å²) in [5.74, 6) is 1.72. The van der Waals surface area contributed by atoms with Gasteiger partial charge in [0.05, 0.1) is 0 Å². The van der Waals surface area contributed by atoms with E-state index in [9.17, 15) is 4.79 Å². The number of unbranched alkanes of at least 4 members (excludes halogenated alkanes) is 3. The Morgan fingerprint density at radius 3 is 2.62 bits per heavy atom. The lowest BCUT2D eigenvalue weighted by Crippen LogP contribution is -2.23. The van der Waals surface area contributed by atoms with Crippen LogP contribution in [-0.4, -0.2) is 13.0 Å². The smallest absolute Gasteiger partial charge is 0.220 e. The van der Waals surface area contributed by atoms with E-state index in [1.165, 1.54) is 51.4 Å². The van der Waals surface area contributed by atoms with E-state index in [1.807, 2.05) is 0 Å². The standard InChI is InChI=1S/C14H27NO/c1-3-4-5-6-8-12-9-7-10-13(12)11-14(16)15-2/h12-13H,3-11H2,1-2H3,(H,15,16)/t12-,13-/m0/s1. The van der Waals surface area contributed by atoms with Gasteiger partial charge >= 0.3 is 0 Å². The van der Waals surface area contributed by atoms with Gasteiger partial charge in [-0.1, -0.05) is 51.9 Å². The Balaban J connectivity index is 2.20. The minimum Gasteiger partial charge on any atom is -0.359 e. The predicted octanol–water partition coefficient (Wildman–Crippen LogP) is 3.51. The largest absolute Gasteiger partial charge is 0.359 e. The van der Waals surface area contributed by atoms with Gasteiger partial charge in [0.15, 0.2) is 0 Å². The molecule has 1 fully saturated rings. The summed E-state index contributed by atoms with van der Waals surface area (Å²) in [7, 11) is 1.74. The van der Waals surface area contributed by atoms with Gasteiger partial charge in [-0.25, -0.2) is 0 Å². The second kappa shape index (κ2) is 7.70. The molecular weight excluding hydrogens is 198 g/mol. The maximum absolute atomic E-state index is 11.4. The first-order valence-electron chi connectivity index (χ1n) is 6.98. The van der Waals surface area contributed by atoms with Crippen molar-refractivity contribution in [2.75, 3.05) is 7.05 Å². The van der Waals surface area contributed by atoms with E-state index in [0.717, 1.165) is 12.3 Å². The van der Waals surface area contributed by atoms with Gasteiger partial charge in [-0.05, 0) is 18.3 Å². The fourth-order valence-electron chi connectivity index (χ4n) is 2.94. The van der Waals surface area contributed by atoms with Crippen molar-refractivity contribution < 1.29 is 4.79 Å². The molecule has 0 aromatic carbocycles. The van der Waals surface area contributed by atoms with Crippen LogP contribution in [0.3, 0.4) is 0 Å². The van der Waals surface area contributed by atoms with Gasteiger partial charge in [-0.3, -0.25) is 4.79 Å². The fourth-order valence-corrected chi connectivity index (χ4v) is 2.94. The third kappa shape index (κ3) is 4.54. The van der Waals surface area contributed by atoms with E-state index in [0.29, 0.717) is 5.92 Å². The number of amides is 1. The predicted molar refractivity (Wildman–Crippen MR) is 68.3 cm³/mol. The molecule has 0 radical (unpaired) electrons. The van der Waals surface area contributed by atoms with Gasteiger partial charge in [0.2, 0.25) is 5.91 Å². The SMILES string of the molecule is CCCCCC[C@H]1CCC[C@H]1CC(=O)NC. The zero-order valence-corrected chi connectivity index (χ0v) is 10.9. The summed E-state index contributed by atoms with van der Waals surface area (Å²) in [5.41, 5.74) is 0. The number of hydrogen-bond acceptors (Lipinski definition) is 1. The molecule has 1 rings (SSSR count). The number of hydrogen-bond donors (Lipinski definition) is 1. The van der Waals surface area contributed by atoms with E-state index < -0.39 is 0 Å². The van der Waals surface area contributed by atoms with Crippen LogP contribution in [0.15, 0.2) is 0 Å². The highest BCUT2D eigenvalue weighted by molar-refractivity contribution is 5.75. The fraction of sp³-hybridized carbons (Fsp3) is 0.929. The number of carbonyl (C=O) groups is 1. The highest BCUT2D eigenvalue weighted by Crippen LogP contribution is 2.37. The molecule has 0 saturated heterocycles. The molecule has 0 aromatic rings. The lowest BCUT2D eigenvalue weighted by atomic mass is 9.88. The van der Waals surface area contributed by atoms with Gasteiger partial charge in [0.1, 0.15) is 0 Å². The van der Waals surface area contributed by atoms with E-state index >= 15 is 0 Å². The van der Waals surface area contributed by atoms with Crippen LogP contribution in [0.4, 0.5) is 0 Å². The van der Waals surface area contributed by atoms with Crippen LogP contribution in [0.5, 0.6) is 0 Å². The van der Waals surface area contributed by atoms with E-state index in [-0.39, 0.29) is 5.91 Å². The molecule has 1 N–H and O–H groups in total. The third-order valence-corrected chi connectivity index (χ3v) is 3.97. The minimum absolute atomic E-state index is 0.227. The number of carbonyl (C=O) groups excluding carboxylic acids is 1. The Labute approximate surface area is 100 Å². The van der Waals surface area contributed by atoms with Crippen LogP contribution >= 0.6 is 0 Å². The zero-order valence-electron chi connectivity index (χ0n) is 10.9.